The van der Waals surface area contributed by atoms with E-state index in [1.54, 1.807) is 0 Å². The zero-order valence-corrected chi connectivity index (χ0v) is 13.3. The first-order chi connectivity index (χ1) is 9.78. The molecule has 2 N–H and O–H groups in total. The largest absolute Gasteiger partial charge is 0.317 e. The molecular formula is C17H33N3. The maximum absolute atomic E-state index is 4.11. The lowest BCUT2D eigenvalue weighted by Gasteiger charge is -2.41. The van der Waals surface area contributed by atoms with Crippen LogP contribution in [-0.4, -0.2) is 50.7 Å². The van der Waals surface area contributed by atoms with E-state index in [-0.39, 0.29) is 0 Å². The Hall–Kier alpha value is -0.380. The van der Waals surface area contributed by atoms with Gasteiger partial charge in [0.1, 0.15) is 0 Å². The van der Waals surface area contributed by atoms with Gasteiger partial charge in [0.05, 0.1) is 0 Å². The van der Waals surface area contributed by atoms with Crippen LogP contribution in [0.1, 0.15) is 39.0 Å². The van der Waals surface area contributed by atoms with E-state index in [4.69, 9.17) is 0 Å². The Morgan fingerprint density at radius 3 is 2.60 bits per heavy atom. The molecule has 2 heterocycles. The highest BCUT2D eigenvalue weighted by atomic mass is 15.1. The molecular weight excluding hydrogens is 246 g/mol. The highest BCUT2D eigenvalue weighted by Crippen LogP contribution is 2.32. The fourth-order valence-electron chi connectivity index (χ4n) is 3.58. The average Bonchev–Trinajstić information content (AvgIpc) is 2.51. The van der Waals surface area contributed by atoms with Crippen LogP contribution < -0.4 is 10.6 Å². The van der Waals surface area contributed by atoms with Crippen molar-refractivity contribution in [2.45, 2.75) is 39.0 Å². The topological polar surface area (TPSA) is 27.3 Å². The Labute approximate surface area is 125 Å². The summed E-state index contributed by atoms with van der Waals surface area (Å²) in [4.78, 5) is 2.69. The number of rotatable bonds is 7. The monoisotopic (exact) mass is 279 g/mol. The molecule has 2 fully saturated rings. The van der Waals surface area contributed by atoms with E-state index >= 15 is 0 Å². The van der Waals surface area contributed by atoms with Crippen LogP contribution in [0.15, 0.2) is 12.7 Å². The minimum atomic E-state index is 0.347. The van der Waals surface area contributed by atoms with Gasteiger partial charge in [-0.2, -0.15) is 0 Å². The minimum absolute atomic E-state index is 0.347. The summed E-state index contributed by atoms with van der Waals surface area (Å²) in [6.45, 7) is 14.9. The number of piperidine rings is 2. The fourth-order valence-corrected chi connectivity index (χ4v) is 3.58. The molecule has 0 aromatic carbocycles. The summed E-state index contributed by atoms with van der Waals surface area (Å²) in [5.41, 5.74) is 0.347. The quantitative estimate of drug-likeness (QED) is 0.553. The van der Waals surface area contributed by atoms with Gasteiger partial charge in [-0.05, 0) is 70.7 Å². The van der Waals surface area contributed by atoms with Crippen molar-refractivity contribution in [3.05, 3.63) is 12.7 Å². The van der Waals surface area contributed by atoms with Crippen LogP contribution in [0.4, 0.5) is 0 Å². The number of hydrogen-bond acceptors (Lipinski definition) is 3. The Bertz CT molecular complexity index is 276. The van der Waals surface area contributed by atoms with Gasteiger partial charge in [0, 0.05) is 18.5 Å². The zero-order valence-electron chi connectivity index (χ0n) is 13.3. The van der Waals surface area contributed by atoms with E-state index in [0.29, 0.717) is 5.41 Å². The first-order valence-electron chi connectivity index (χ1n) is 8.55. The maximum atomic E-state index is 4.11. The molecule has 0 amide bonds. The van der Waals surface area contributed by atoms with E-state index in [1.807, 2.05) is 0 Å². The van der Waals surface area contributed by atoms with Gasteiger partial charge in [-0.3, -0.25) is 0 Å². The van der Waals surface area contributed by atoms with Crippen molar-refractivity contribution in [1.82, 2.24) is 15.5 Å². The molecule has 0 bridgehead atoms. The molecule has 0 saturated carbocycles. The van der Waals surface area contributed by atoms with Gasteiger partial charge in [0.2, 0.25) is 0 Å². The van der Waals surface area contributed by atoms with E-state index < -0.39 is 0 Å². The van der Waals surface area contributed by atoms with Crippen LogP contribution in [0, 0.1) is 11.3 Å². The maximum Gasteiger partial charge on any atom is 0.00434 e. The molecule has 0 atom stereocenters. The van der Waals surface area contributed by atoms with Gasteiger partial charge < -0.3 is 15.5 Å². The second-order valence-corrected chi connectivity index (χ2v) is 6.74. The second-order valence-electron chi connectivity index (χ2n) is 6.74. The molecule has 0 aromatic rings. The van der Waals surface area contributed by atoms with Crippen molar-refractivity contribution in [2.75, 3.05) is 45.8 Å². The number of nitrogens with one attached hydrogen (secondary N) is 2. The normalized spacial score (nSPS) is 24.6. The minimum Gasteiger partial charge on any atom is -0.317 e. The average molecular weight is 279 g/mol. The highest BCUT2D eigenvalue weighted by Gasteiger charge is 2.32. The van der Waals surface area contributed by atoms with E-state index in [0.717, 1.165) is 19.0 Å². The number of likely N-dealkylation sites (tertiary alicyclic amines) is 1. The van der Waals surface area contributed by atoms with Crippen LogP contribution in [-0.2, 0) is 0 Å². The van der Waals surface area contributed by atoms with Gasteiger partial charge in [-0.25, -0.2) is 0 Å². The summed E-state index contributed by atoms with van der Waals surface area (Å²) < 4.78 is 0. The first kappa shape index (κ1) is 16.0. The molecule has 0 aromatic heterocycles. The molecule has 0 unspecified atom stereocenters. The molecule has 20 heavy (non-hydrogen) atoms. The summed E-state index contributed by atoms with van der Waals surface area (Å²) >= 11 is 0. The lowest BCUT2D eigenvalue weighted by molar-refractivity contribution is 0.114. The molecule has 0 aliphatic carbocycles. The SMILES string of the molecule is C=CC1(CNCCC)CCN(CC2CCNCC2)CC1. The predicted molar refractivity (Wildman–Crippen MR) is 87.1 cm³/mol. The third-order valence-electron chi connectivity index (χ3n) is 5.16. The predicted octanol–water partition coefficient (Wildman–Crippen LogP) is 2.25. The van der Waals surface area contributed by atoms with Crippen LogP contribution >= 0.6 is 0 Å². The van der Waals surface area contributed by atoms with E-state index in [9.17, 15) is 0 Å². The summed E-state index contributed by atoms with van der Waals surface area (Å²) in [7, 11) is 0. The van der Waals surface area contributed by atoms with E-state index in [2.05, 4.69) is 35.1 Å². The summed E-state index contributed by atoms with van der Waals surface area (Å²) in [5, 5.41) is 7.06. The van der Waals surface area contributed by atoms with Crippen molar-refractivity contribution in [2.24, 2.45) is 11.3 Å². The molecule has 2 aliphatic rings. The Balaban J connectivity index is 1.73. The number of nitrogens with zero attached hydrogens (tertiary/aromatic N) is 1. The second kappa shape index (κ2) is 8.16. The van der Waals surface area contributed by atoms with Crippen molar-refractivity contribution in [3.8, 4) is 0 Å². The molecule has 0 spiro atoms. The van der Waals surface area contributed by atoms with Crippen molar-refractivity contribution >= 4 is 0 Å². The molecule has 3 heteroatoms. The smallest absolute Gasteiger partial charge is 0.00434 e. The first-order valence-corrected chi connectivity index (χ1v) is 8.55. The lowest BCUT2D eigenvalue weighted by Crippen LogP contribution is -2.46. The van der Waals surface area contributed by atoms with Gasteiger partial charge >= 0.3 is 0 Å². The van der Waals surface area contributed by atoms with Crippen LogP contribution in [0.2, 0.25) is 0 Å². The van der Waals surface area contributed by atoms with Gasteiger partial charge in [-0.15, -0.1) is 6.58 Å². The molecule has 3 nitrogen and oxygen atoms in total. The van der Waals surface area contributed by atoms with Crippen LogP contribution in [0.25, 0.3) is 0 Å². The summed E-state index contributed by atoms with van der Waals surface area (Å²) in [6.07, 6.45) is 8.71. The Morgan fingerprint density at radius 2 is 2.00 bits per heavy atom. The number of hydrogen-bond donors (Lipinski definition) is 2. The lowest BCUT2D eigenvalue weighted by atomic mass is 9.78. The fraction of sp³-hybridized carbons (Fsp3) is 0.882. The summed E-state index contributed by atoms with van der Waals surface area (Å²) in [5.74, 6) is 0.922. The van der Waals surface area contributed by atoms with Gasteiger partial charge in [0.15, 0.2) is 0 Å². The van der Waals surface area contributed by atoms with Crippen molar-refractivity contribution in [3.63, 3.8) is 0 Å². The Morgan fingerprint density at radius 1 is 1.30 bits per heavy atom. The summed E-state index contributed by atoms with van der Waals surface area (Å²) in [6, 6.07) is 0. The molecule has 116 valence electrons. The molecule has 0 radical (unpaired) electrons. The van der Waals surface area contributed by atoms with Crippen molar-refractivity contribution in [1.29, 1.82) is 0 Å². The van der Waals surface area contributed by atoms with E-state index in [1.165, 1.54) is 64.8 Å². The third kappa shape index (κ3) is 4.57. The van der Waals surface area contributed by atoms with Crippen LogP contribution in [0.3, 0.4) is 0 Å². The van der Waals surface area contributed by atoms with Crippen LogP contribution in [0.5, 0.6) is 0 Å². The Kier molecular flexibility index (Phi) is 6.53. The molecule has 2 aliphatic heterocycles. The molecule has 2 saturated heterocycles. The van der Waals surface area contributed by atoms with Gasteiger partial charge in [-0.1, -0.05) is 13.0 Å². The third-order valence-corrected chi connectivity index (χ3v) is 5.16. The van der Waals surface area contributed by atoms with Crippen molar-refractivity contribution < 1.29 is 0 Å². The standard InChI is InChI=1S/C17H33N3/c1-3-9-19-15-17(4-2)7-12-20(13-8-17)14-16-5-10-18-11-6-16/h4,16,18-19H,2-3,5-15H2,1H3. The zero-order chi connectivity index (χ0) is 14.3. The van der Waals surface area contributed by atoms with Gasteiger partial charge in [0.25, 0.3) is 0 Å². The highest BCUT2D eigenvalue weighted by molar-refractivity contribution is 5.00. The molecule has 2 rings (SSSR count).